The van der Waals surface area contributed by atoms with E-state index in [2.05, 4.69) is 14.9 Å². The van der Waals surface area contributed by atoms with Crippen molar-refractivity contribution in [2.45, 2.75) is 24.8 Å². The maximum Gasteiger partial charge on any atom is 0.269 e. The predicted molar refractivity (Wildman–Crippen MR) is 81.7 cm³/mol. The van der Waals surface area contributed by atoms with E-state index in [9.17, 15) is 18.5 Å². The molecule has 0 unspecified atom stereocenters. The number of non-ortho nitro benzene ring substituents is 1. The van der Waals surface area contributed by atoms with Crippen LogP contribution in [0.3, 0.4) is 0 Å². The van der Waals surface area contributed by atoms with E-state index in [4.69, 9.17) is 4.74 Å². The Morgan fingerprint density at radius 3 is 2.26 bits per heavy atom. The molecular weight excluding hydrogens is 324 g/mol. The van der Waals surface area contributed by atoms with Gasteiger partial charge in [0.15, 0.2) is 5.82 Å². The number of nitro groups is 1. The average Bonchev–Trinajstić information content (AvgIpc) is 2.48. The Kier molecular flexibility index (Phi) is 4.74. The number of benzene rings is 1. The summed E-state index contributed by atoms with van der Waals surface area (Å²) in [5.41, 5.74) is -0.195. The van der Waals surface area contributed by atoms with Crippen LogP contribution in [-0.4, -0.2) is 29.6 Å². The fraction of sp³-hybridized carbons (Fsp3) is 0.231. The highest BCUT2D eigenvalue weighted by molar-refractivity contribution is 7.92. The van der Waals surface area contributed by atoms with Gasteiger partial charge in [-0.05, 0) is 32.0 Å². The second-order valence-electron chi connectivity index (χ2n) is 4.78. The highest BCUT2D eigenvalue weighted by Crippen LogP contribution is 2.18. The normalized spacial score (nSPS) is 11.3. The van der Waals surface area contributed by atoms with Crippen LogP contribution in [0.1, 0.15) is 13.8 Å². The summed E-state index contributed by atoms with van der Waals surface area (Å²) >= 11 is 0. The fourth-order valence-corrected chi connectivity index (χ4v) is 2.62. The van der Waals surface area contributed by atoms with Crippen molar-refractivity contribution in [3.05, 3.63) is 46.5 Å². The molecule has 2 aromatic rings. The third-order valence-electron chi connectivity index (χ3n) is 2.59. The Balaban J connectivity index is 2.15. The number of nitrogens with one attached hydrogen (secondary N) is 1. The Morgan fingerprint density at radius 2 is 1.78 bits per heavy atom. The zero-order valence-corrected chi connectivity index (χ0v) is 13.1. The van der Waals surface area contributed by atoms with E-state index < -0.39 is 14.9 Å². The van der Waals surface area contributed by atoms with Crippen LogP contribution < -0.4 is 9.46 Å². The van der Waals surface area contributed by atoms with Crippen molar-refractivity contribution >= 4 is 21.5 Å². The van der Waals surface area contributed by atoms with Crippen molar-refractivity contribution in [2.24, 2.45) is 0 Å². The molecule has 0 spiro atoms. The van der Waals surface area contributed by atoms with Gasteiger partial charge in [-0.15, -0.1) is 10.2 Å². The second kappa shape index (κ2) is 6.57. The summed E-state index contributed by atoms with van der Waals surface area (Å²) in [7, 11) is -3.91. The molecule has 0 atom stereocenters. The van der Waals surface area contributed by atoms with Gasteiger partial charge in [-0.3, -0.25) is 14.8 Å². The Labute approximate surface area is 132 Å². The predicted octanol–water partition coefficient (Wildman–Crippen LogP) is 1.97. The number of rotatable bonds is 6. The Morgan fingerprint density at radius 1 is 1.13 bits per heavy atom. The lowest BCUT2D eigenvalue weighted by molar-refractivity contribution is -0.384. The first-order valence-electron chi connectivity index (χ1n) is 6.55. The first kappa shape index (κ1) is 16.6. The van der Waals surface area contributed by atoms with Gasteiger partial charge in [-0.25, -0.2) is 8.42 Å². The molecule has 0 aliphatic rings. The Bertz CT molecular complexity index is 788. The van der Waals surface area contributed by atoms with Gasteiger partial charge in [0.25, 0.3) is 15.7 Å². The molecule has 0 saturated heterocycles. The first-order valence-corrected chi connectivity index (χ1v) is 8.04. The molecule has 9 nitrogen and oxygen atoms in total. The minimum absolute atomic E-state index is 0.0134. The summed E-state index contributed by atoms with van der Waals surface area (Å²) < 4.78 is 31.9. The number of hydrogen-bond acceptors (Lipinski definition) is 7. The van der Waals surface area contributed by atoms with Crippen LogP contribution in [0.15, 0.2) is 41.3 Å². The molecule has 1 heterocycles. The fourth-order valence-electron chi connectivity index (χ4n) is 1.62. The first-order chi connectivity index (χ1) is 10.8. The third-order valence-corrected chi connectivity index (χ3v) is 3.96. The SMILES string of the molecule is CC(C)Oc1ccc(NS(=O)(=O)c2ccc([N+](=O)[O-])cc2)nn1. The van der Waals surface area contributed by atoms with Crippen molar-refractivity contribution < 1.29 is 18.1 Å². The van der Waals surface area contributed by atoms with E-state index in [1.165, 1.54) is 12.1 Å². The van der Waals surface area contributed by atoms with Gasteiger partial charge >= 0.3 is 0 Å². The van der Waals surface area contributed by atoms with Gasteiger partial charge in [0.2, 0.25) is 5.88 Å². The minimum Gasteiger partial charge on any atom is -0.474 e. The monoisotopic (exact) mass is 338 g/mol. The van der Waals surface area contributed by atoms with Gasteiger partial charge in [0, 0.05) is 18.2 Å². The average molecular weight is 338 g/mol. The zero-order valence-electron chi connectivity index (χ0n) is 12.3. The molecule has 10 heteroatoms. The Hall–Kier alpha value is -2.75. The molecular formula is C13H14N4O5S. The molecule has 0 amide bonds. The van der Waals surface area contributed by atoms with E-state index in [-0.39, 0.29) is 28.4 Å². The van der Waals surface area contributed by atoms with Crippen molar-refractivity contribution in [3.8, 4) is 5.88 Å². The largest absolute Gasteiger partial charge is 0.474 e. The summed E-state index contributed by atoms with van der Waals surface area (Å²) in [6.07, 6.45) is -0.0769. The lowest BCUT2D eigenvalue weighted by atomic mass is 10.3. The maximum absolute atomic E-state index is 12.2. The summed E-state index contributed by atoms with van der Waals surface area (Å²) in [4.78, 5) is 9.85. The number of ether oxygens (including phenoxy) is 1. The molecule has 1 aromatic heterocycles. The van der Waals surface area contributed by atoms with Gasteiger partial charge < -0.3 is 4.74 Å². The summed E-state index contributed by atoms with van der Waals surface area (Å²) in [6, 6.07) is 7.41. The number of nitro benzene ring substituents is 1. The molecule has 0 bridgehead atoms. The van der Waals surface area contributed by atoms with Gasteiger partial charge in [0.1, 0.15) is 0 Å². The summed E-state index contributed by atoms with van der Waals surface area (Å²) in [6.45, 7) is 3.65. The van der Waals surface area contributed by atoms with Crippen molar-refractivity contribution in [1.82, 2.24) is 10.2 Å². The molecule has 1 N–H and O–H groups in total. The van der Waals surface area contributed by atoms with Gasteiger partial charge in [0.05, 0.1) is 15.9 Å². The molecule has 0 saturated carbocycles. The lowest BCUT2D eigenvalue weighted by Gasteiger charge is -2.09. The van der Waals surface area contributed by atoms with Crippen LogP contribution in [0.4, 0.5) is 11.5 Å². The lowest BCUT2D eigenvalue weighted by Crippen LogP contribution is -2.15. The standard InChI is InChI=1S/C13H14N4O5S/c1-9(2)22-13-8-7-12(14-15-13)16-23(20,21)11-5-3-10(4-6-11)17(18)19/h3-9H,1-2H3,(H,14,16). The third kappa shape index (κ3) is 4.36. The number of nitrogens with zero attached hydrogens (tertiary/aromatic N) is 3. The van der Waals surface area contributed by atoms with Crippen LogP contribution >= 0.6 is 0 Å². The van der Waals surface area contributed by atoms with Crippen LogP contribution in [0.5, 0.6) is 5.88 Å². The quantitative estimate of drug-likeness (QED) is 0.630. The number of sulfonamides is 1. The van der Waals surface area contributed by atoms with Gasteiger partial charge in [-0.2, -0.15) is 0 Å². The topological polar surface area (TPSA) is 124 Å². The molecule has 0 aliphatic carbocycles. The van der Waals surface area contributed by atoms with Crippen LogP contribution in [-0.2, 0) is 10.0 Å². The smallest absolute Gasteiger partial charge is 0.269 e. The van der Waals surface area contributed by atoms with E-state index in [1.807, 2.05) is 13.8 Å². The molecule has 0 aliphatic heterocycles. The maximum atomic E-state index is 12.2. The number of aromatic nitrogens is 2. The van der Waals surface area contributed by atoms with E-state index in [0.717, 1.165) is 24.3 Å². The summed E-state index contributed by atoms with van der Waals surface area (Å²) in [5.74, 6) is 0.290. The molecule has 1 aromatic carbocycles. The van der Waals surface area contributed by atoms with E-state index >= 15 is 0 Å². The second-order valence-corrected chi connectivity index (χ2v) is 6.46. The molecule has 2 rings (SSSR count). The van der Waals surface area contributed by atoms with E-state index in [0.29, 0.717) is 0 Å². The van der Waals surface area contributed by atoms with Crippen molar-refractivity contribution in [1.29, 1.82) is 0 Å². The number of hydrogen-bond donors (Lipinski definition) is 1. The zero-order chi connectivity index (χ0) is 17.0. The molecule has 0 radical (unpaired) electrons. The van der Waals surface area contributed by atoms with Crippen molar-refractivity contribution in [3.63, 3.8) is 0 Å². The highest BCUT2D eigenvalue weighted by Gasteiger charge is 2.17. The highest BCUT2D eigenvalue weighted by atomic mass is 32.2. The molecule has 0 fully saturated rings. The molecule has 122 valence electrons. The molecule has 23 heavy (non-hydrogen) atoms. The van der Waals surface area contributed by atoms with Gasteiger partial charge in [-0.1, -0.05) is 0 Å². The van der Waals surface area contributed by atoms with Crippen LogP contribution in [0, 0.1) is 10.1 Å². The van der Waals surface area contributed by atoms with Crippen LogP contribution in [0.25, 0.3) is 0 Å². The van der Waals surface area contributed by atoms with Crippen molar-refractivity contribution in [2.75, 3.05) is 4.72 Å². The van der Waals surface area contributed by atoms with E-state index in [1.54, 1.807) is 0 Å². The minimum atomic E-state index is -3.91. The summed E-state index contributed by atoms with van der Waals surface area (Å²) in [5, 5.41) is 18.0. The number of anilines is 1. The van der Waals surface area contributed by atoms with Crippen LogP contribution in [0.2, 0.25) is 0 Å².